The van der Waals surface area contributed by atoms with Crippen molar-refractivity contribution in [3.05, 3.63) is 83.4 Å². The zero-order valence-electron chi connectivity index (χ0n) is 29.0. The maximum absolute atomic E-state index is 14.1. The van der Waals surface area contributed by atoms with Gasteiger partial charge in [-0.3, -0.25) is 9.69 Å². The number of hydroxylamine groups is 1. The number of carbonyl (C=O) groups is 2. The van der Waals surface area contributed by atoms with Crippen molar-refractivity contribution in [2.45, 2.75) is 90.7 Å². The van der Waals surface area contributed by atoms with E-state index in [1.807, 2.05) is 62.1 Å². The molecule has 258 valence electrons. The molecule has 0 bridgehead atoms. The summed E-state index contributed by atoms with van der Waals surface area (Å²) in [5, 5.41) is 5.56. The summed E-state index contributed by atoms with van der Waals surface area (Å²) in [5.41, 5.74) is 4.20. The van der Waals surface area contributed by atoms with Crippen molar-refractivity contribution in [3.8, 4) is 5.75 Å². The van der Waals surface area contributed by atoms with Gasteiger partial charge >= 0.3 is 6.09 Å². The molecule has 0 aromatic heterocycles. The highest BCUT2D eigenvalue weighted by Gasteiger charge is 2.38. The van der Waals surface area contributed by atoms with Crippen LogP contribution in [0.1, 0.15) is 82.6 Å². The van der Waals surface area contributed by atoms with E-state index < -0.39 is 11.9 Å². The van der Waals surface area contributed by atoms with Gasteiger partial charge in [0.1, 0.15) is 18.0 Å². The number of amides is 2. The standard InChI is InChI=1S/C39H51N3O6/c1-27(2)36(42(32-20-22-40-23-21-32)38(44)47-39(3,4)5)31(26-46-34-14-10-12-29-11-6-7-13-33(29)34)25-28-16-18-30(19-17-28)37(43)41-48-35-15-8-9-24-45-35/h6-7,10-14,16-19,25,27,32,35-36,40H,8-9,15,20-24,26H2,1-5H3,(H,41,43). The lowest BCUT2D eigenvalue weighted by Crippen LogP contribution is -2.55. The predicted octanol–water partition coefficient (Wildman–Crippen LogP) is 7.50. The van der Waals surface area contributed by atoms with Gasteiger partial charge in [-0.2, -0.15) is 0 Å². The van der Waals surface area contributed by atoms with E-state index in [0.29, 0.717) is 12.2 Å². The summed E-state index contributed by atoms with van der Waals surface area (Å²) in [4.78, 5) is 34.4. The van der Waals surface area contributed by atoms with Crippen molar-refractivity contribution in [1.29, 1.82) is 0 Å². The number of nitrogens with one attached hydrogen (secondary N) is 2. The molecule has 0 spiro atoms. The normalized spacial score (nSPS) is 18.4. The Bertz CT molecular complexity index is 1530. The van der Waals surface area contributed by atoms with Crippen molar-refractivity contribution in [3.63, 3.8) is 0 Å². The Balaban J connectivity index is 1.47. The Labute approximate surface area is 284 Å². The first-order valence-corrected chi connectivity index (χ1v) is 17.3. The molecule has 2 aliphatic rings. The maximum Gasteiger partial charge on any atom is 0.411 e. The molecule has 0 aliphatic carbocycles. The minimum Gasteiger partial charge on any atom is -0.489 e. The van der Waals surface area contributed by atoms with Crippen LogP contribution in [0.4, 0.5) is 4.79 Å². The number of rotatable bonds is 11. The molecule has 2 atom stereocenters. The van der Waals surface area contributed by atoms with Crippen LogP contribution < -0.4 is 15.5 Å². The molecule has 5 rings (SSSR count). The number of hydrogen-bond acceptors (Lipinski definition) is 7. The fourth-order valence-corrected chi connectivity index (χ4v) is 6.44. The van der Waals surface area contributed by atoms with Crippen LogP contribution in [0, 0.1) is 5.92 Å². The second-order valence-electron chi connectivity index (χ2n) is 14.0. The number of carbonyl (C=O) groups excluding carboxylic acids is 2. The molecule has 9 nitrogen and oxygen atoms in total. The van der Waals surface area contributed by atoms with E-state index in [-0.39, 0.29) is 36.6 Å². The lowest BCUT2D eigenvalue weighted by atomic mass is 9.90. The van der Waals surface area contributed by atoms with E-state index in [1.54, 1.807) is 12.1 Å². The number of fused-ring (bicyclic) bond motifs is 1. The Morgan fingerprint density at radius 3 is 2.40 bits per heavy atom. The first-order chi connectivity index (χ1) is 23.1. The van der Waals surface area contributed by atoms with Crippen LogP contribution >= 0.6 is 0 Å². The summed E-state index contributed by atoms with van der Waals surface area (Å²) in [6.45, 7) is 12.5. The van der Waals surface area contributed by atoms with Crippen LogP contribution in [0.5, 0.6) is 5.75 Å². The van der Waals surface area contributed by atoms with E-state index in [9.17, 15) is 9.59 Å². The third kappa shape index (κ3) is 9.58. The molecule has 2 saturated heterocycles. The fraction of sp³-hybridized carbons (Fsp3) is 0.487. The topological polar surface area (TPSA) is 98.4 Å². The highest BCUT2D eigenvalue weighted by Crippen LogP contribution is 2.31. The molecule has 2 N–H and O–H groups in total. The van der Waals surface area contributed by atoms with Crippen molar-refractivity contribution in [1.82, 2.24) is 15.7 Å². The Morgan fingerprint density at radius 1 is 0.979 bits per heavy atom. The molecular formula is C39H51N3O6. The van der Waals surface area contributed by atoms with Crippen LogP contribution in [-0.4, -0.2) is 67.2 Å². The summed E-state index contributed by atoms with van der Waals surface area (Å²) >= 11 is 0. The van der Waals surface area contributed by atoms with Gasteiger partial charge in [0.15, 0.2) is 6.29 Å². The lowest BCUT2D eigenvalue weighted by molar-refractivity contribution is -0.186. The number of benzene rings is 3. The Hall–Kier alpha value is -3.92. The number of piperidine rings is 1. The molecule has 2 amide bonds. The highest BCUT2D eigenvalue weighted by molar-refractivity contribution is 5.93. The minimum atomic E-state index is -0.643. The molecule has 3 aromatic carbocycles. The predicted molar refractivity (Wildman–Crippen MR) is 189 cm³/mol. The van der Waals surface area contributed by atoms with Crippen LogP contribution in [0.15, 0.2) is 72.3 Å². The lowest BCUT2D eigenvalue weighted by Gasteiger charge is -2.43. The van der Waals surface area contributed by atoms with Gasteiger partial charge in [0.25, 0.3) is 5.91 Å². The maximum atomic E-state index is 14.1. The number of ether oxygens (including phenoxy) is 3. The van der Waals surface area contributed by atoms with Crippen LogP contribution in [0.2, 0.25) is 0 Å². The summed E-state index contributed by atoms with van der Waals surface area (Å²) < 4.78 is 18.2. The van der Waals surface area contributed by atoms with Gasteiger partial charge in [-0.1, -0.05) is 68.5 Å². The van der Waals surface area contributed by atoms with Gasteiger partial charge in [-0.05, 0) is 100 Å². The van der Waals surface area contributed by atoms with Gasteiger partial charge in [0.2, 0.25) is 0 Å². The zero-order valence-corrected chi connectivity index (χ0v) is 29.0. The summed E-state index contributed by atoms with van der Waals surface area (Å²) in [5.74, 6) is 0.501. The molecule has 2 aliphatic heterocycles. The smallest absolute Gasteiger partial charge is 0.411 e. The first kappa shape index (κ1) is 35.4. The average molecular weight is 658 g/mol. The van der Waals surface area contributed by atoms with Gasteiger partial charge in [-0.15, -0.1) is 0 Å². The molecular weight excluding hydrogens is 606 g/mol. The van der Waals surface area contributed by atoms with Gasteiger partial charge in [0, 0.05) is 30.0 Å². The quantitative estimate of drug-likeness (QED) is 0.206. The third-order valence-corrected chi connectivity index (χ3v) is 8.71. The molecule has 2 fully saturated rings. The first-order valence-electron chi connectivity index (χ1n) is 17.3. The number of hydrogen-bond donors (Lipinski definition) is 2. The molecule has 9 heteroatoms. The molecule has 0 radical (unpaired) electrons. The fourth-order valence-electron chi connectivity index (χ4n) is 6.44. The summed E-state index contributed by atoms with van der Waals surface area (Å²) in [7, 11) is 0. The average Bonchev–Trinajstić information content (AvgIpc) is 3.08. The summed E-state index contributed by atoms with van der Waals surface area (Å²) in [6, 6.07) is 21.3. The van der Waals surface area contributed by atoms with Crippen LogP contribution in [0.25, 0.3) is 16.8 Å². The van der Waals surface area contributed by atoms with Crippen molar-refractivity contribution in [2.75, 3.05) is 26.3 Å². The Morgan fingerprint density at radius 2 is 1.71 bits per heavy atom. The van der Waals surface area contributed by atoms with Crippen molar-refractivity contribution >= 4 is 28.8 Å². The van der Waals surface area contributed by atoms with E-state index in [2.05, 4.69) is 48.9 Å². The summed E-state index contributed by atoms with van der Waals surface area (Å²) in [6.07, 6.45) is 5.77. The Kier molecular flexibility index (Phi) is 12.1. The molecule has 0 saturated carbocycles. The van der Waals surface area contributed by atoms with Crippen LogP contribution in [-0.2, 0) is 14.3 Å². The minimum absolute atomic E-state index is 0.00803. The largest absolute Gasteiger partial charge is 0.489 e. The monoisotopic (exact) mass is 657 g/mol. The van der Waals surface area contributed by atoms with Crippen molar-refractivity contribution < 1.29 is 28.6 Å². The van der Waals surface area contributed by atoms with Crippen LogP contribution in [0.3, 0.4) is 0 Å². The molecule has 2 heterocycles. The van der Waals surface area contributed by atoms with Gasteiger partial charge in [0.05, 0.1) is 6.04 Å². The van der Waals surface area contributed by atoms with Gasteiger partial charge < -0.3 is 19.5 Å². The van der Waals surface area contributed by atoms with E-state index in [4.69, 9.17) is 19.0 Å². The second-order valence-corrected chi connectivity index (χ2v) is 14.0. The zero-order chi connectivity index (χ0) is 34.1. The third-order valence-electron chi connectivity index (χ3n) is 8.71. The molecule has 2 unspecified atom stereocenters. The second kappa shape index (κ2) is 16.5. The molecule has 3 aromatic rings. The van der Waals surface area contributed by atoms with E-state index in [1.165, 1.54) is 0 Å². The molecule has 48 heavy (non-hydrogen) atoms. The highest BCUT2D eigenvalue weighted by atomic mass is 16.8. The SMILES string of the molecule is CC(C)C(C(=Cc1ccc(C(=O)NOC2CCCCO2)cc1)COc1cccc2ccccc12)N(C(=O)OC(C)(C)C)C1CCNCC1. The van der Waals surface area contributed by atoms with E-state index in [0.717, 1.165) is 72.9 Å². The van der Waals surface area contributed by atoms with Gasteiger partial charge in [-0.25, -0.2) is 15.1 Å². The van der Waals surface area contributed by atoms with E-state index >= 15 is 0 Å². The van der Waals surface area contributed by atoms with Crippen molar-refractivity contribution in [2.24, 2.45) is 5.92 Å². The number of nitrogens with zero attached hydrogens (tertiary/aromatic N) is 1.